The SMILES string of the molecule is CCCCC(NC(=O)c1cnn(-c2ccccc2F)c1C)C(=O)Nc1cccc(N2CCCC2)c1. The predicted octanol–water partition coefficient (Wildman–Crippen LogP) is 4.85. The summed E-state index contributed by atoms with van der Waals surface area (Å²) >= 11 is 0. The molecule has 2 aromatic carbocycles. The van der Waals surface area contributed by atoms with Gasteiger partial charge in [-0.3, -0.25) is 9.59 Å². The van der Waals surface area contributed by atoms with Crippen molar-refractivity contribution < 1.29 is 14.0 Å². The zero-order valence-corrected chi connectivity index (χ0v) is 20.3. The number of nitrogens with zero attached hydrogens (tertiary/aromatic N) is 3. The largest absolute Gasteiger partial charge is 0.371 e. The molecule has 0 aliphatic carbocycles. The highest BCUT2D eigenvalue weighted by atomic mass is 19.1. The molecule has 7 nitrogen and oxygen atoms in total. The minimum Gasteiger partial charge on any atom is -0.371 e. The Hall–Kier alpha value is -3.68. The molecule has 1 aliphatic heterocycles. The summed E-state index contributed by atoms with van der Waals surface area (Å²) in [6, 6.07) is 13.4. The Balaban J connectivity index is 1.48. The molecule has 1 fully saturated rings. The number of aromatic nitrogens is 2. The minimum absolute atomic E-state index is 0.260. The zero-order chi connectivity index (χ0) is 24.8. The number of anilines is 2. The number of para-hydroxylation sites is 1. The van der Waals surface area contributed by atoms with Gasteiger partial charge < -0.3 is 15.5 Å². The molecule has 1 aromatic heterocycles. The van der Waals surface area contributed by atoms with E-state index in [1.807, 2.05) is 31.2 Å². The van der Waals surface area contributed by atoms with Crippen molar-refractivity contribution in [1.29, 1.82) is 0 Å². The predicted molar refractivity (Wildman–Crippen MR) is 136 cm³/mol. The molecule has 2 amide bonds. The molecular weight excluding hydrogens is 445 g/mol. The number of amides is 2. The van der Waals surface area contributed by atoms with Gasteiger partial charge in [-0.1, -0.05) is 38.0 Å². The van der Waals surface area contributed by atoms with Gasteiger partial charge in [0.2, 0.25) is 5.91 Å². The van der Waals surface area contributed by atoms with Gasteiger partial charge in [-0.05, 0) is 56.5 Å². The fourth-order valence-electron chi connectivity index (χ4n) is 4.40. The summed E-state index contributed by atoms with van der Waals surface area (Å²) < 4.78 is 15.6. The van der Waals surface area contributed by atoms with Gasteiger partial charge in [-0.15, -0.1) is 0 Å². The first-order valence-electron chi connectivity index (χ1n) is 12.2. The van der Waals surface area contributed by atoms with E-state index in [1.54, 1.807) is 25.1 Å². The lowest BCUT2D eigenvalue weighted by atomic mass is 10.1. The average molecular weight is 478 g/mol. The van der Waals surface area contributed by atoms with Crippen LogP contribution in [0.25, 0.3) is 5.69 Å². The number of hydrogen-bond acceptors (Lipinski definition) is 4. The topological polar surface area (TPSA) is 79.3 Å². The maximum Gasteiger partial charge on any atom is 0.255 e. The highest BCUT2D eigenvalue weighted by Gasteiger charge is 2.24. The van der Waals surface area contributed by atoms with E-state index in [2.05, 4.69) is 20.6 Å². The summed E-state index contributed by atoms with van der Waals surface area (Å²) in [7, 11) is 0. The van der Waals surface area contributed by atoms with Crippen molar-refractivity contribution in [2.24, 2.45) is 0 Å². The van der Waals surface area contributed by atoms with Crippen LogP contribution in [0, 0.1) is 12.7 Å². The lowest BCUT2D eigenvalue weighted by molar-refractivity contribution is -0.118. The first kappa shape index (κ1) is 24.4. The fraction of sp³-hybridized carbons (Fsp3) is 0.370. The molecule has 1 unspecified atom stereocenters. The maximum absolute atomic E-state index is 14.2. The molecule has 2 N–H and O–H groups in total. The van der Waals surface area contributed by atoms with Gasteiger partial charge in [0, 0.05) is 24.5 Å². The highest BCUT2D eigenvalue weighted by Crippen LogP contribution is 2.24. The van der Waals surface area contributed by atoms with E-state index in [9.17, 15) is 14.0 Å². The zero-order valence-electron chi connectivity index (χ0n) is 20.3. The maximum atomic E-state index is 14.2. The minimum atomic E-state index is -0.700. The molecule has 4 rings (SSSR count). The Morgan fingerprint density at radius 3 is 2.63 bits per heavy atom. The molecule has 1 atom stereocenters. The second-order valence-electron chi connectivity index (χ2n) is 8.91. The van der Waals surface area contributed by atoms with Crippen molar-refractivity contribution in [1.82, 2.24) is 15.1 Å². The lowest BCUT2D eigenvalue weighted by Crippen LogP contribution is -2.44. The number of carbonyl (C=O) groups excluding carboxylic acids is 2. The monoisotopic (exact) mass is 477 g/mol. The van der Waals surface area contributed by atoms with Crippen molar-refractivity contribution in [2.45, 2.75) is 52.0 Å². The number of benzene rings is 2. The van der Waals surface area contributed by atoms with E-state index in [0.29, 0.717) is 23.4 Å². The van der Waals surface area contributed by atoms with Crippen LogP contribution in [0.2, 0.25) is 0 Å². The van der Waals surface area contributed by atoms with Crippen LogP contribution >= 0.6 is 0 Å². The normalized spacial score (nSPS) is 14.1. The van der Waals surface area contributed by atoms with E-state index in [4.69, 9.17) is 0 Å². The molecule has 0 saturated carbocycles. The fourth-order valence-corrected chi connectivity index (χ4v) is 4.40. The van der Waals surface area contributed by atoms with Gasteiger partial charge in [-0.2, -0.15) is 5.10 Å². The van der Waals surface area contributed by atoms with Gasteiger partial charge in [-0.25, -0.2) is 9.07 Å². The van der Waals surface area contributed by atoms with Gasteiger partial charge >= 0.3 is 0 Å². The van der Waals surface area contributed by atoms with E-state index >= 15 is 0 Å². The second-order valence-corrected chi connectivity index (χ2v) is 8.91. The molecule has 3 aromatic rings. The summed E-state index contributed by atoms with van der Waals surface area (Å²) in [6.45, 7) is 5.79. The number of hydrogen-bond donors (Lipinski definition) is 2. The number of rotatable bonds is 9. The third-order valence-corrected chi connectivity index (χ3v) is 6.39. The van der Waals surface area contributed by atoms with E-state index < -0.39 is 17.8 Å². The first-order chi connectivity index (χ1) is 17.0. The summed E-state index contributed by atoms with van der Waals surface area (Å²) in [5.41, 5.74) is 2.87. The third-order valence-electron chi connectivity index (χ3n) is 6.39. The Kier molecular flexibility index (Phi) is 7.80. The summed E-state index contributed by atoms with van der Waals surface area (Å²) in [6.07, 6.45) is 5.96. The molecular formula is C27H32FN5O2. The van der Waals surface area contributed by atoms with Crippen LogP contribution < -0.4 is 15.5 Å². The molecule has 8 heteroatoms. The number of halogens is 1. The van der Waals surface area contributed by atoms with Gasteiger partial charge in [0.15, 0.2) is 0 Å². The Morgan fingerprint density at radius 1 is 1.11 bits per heavy atom. The van der Waals surface area contributed by atoms with Gasteiger partial charge in [0.05, 0.1) is 17.5 Å². The number of carbonyl (C=O) groups is 2. The van der Waals surface area contributed by atoms with E-state index in [0.717, 1.165) is 31.6 Å². The number of unbranched alkanes of at least 4 members (excludes halogenated alkanes) is 1. The van der Waals surface area contributed by atoms with E-state index in [1.165, 1.54) is 29.8 Å². The smallest absolute Gasteiger partial charge is 0.255 e. The van der Waals surface area contributed by atoms with Crippen LogP contribution in [0.1, 0.15) is 55.1 Å². The summed E-state index contributed by atoms with van der Waals surface area (Å²) in [5, 5.41) is 10.1. The van der Waals surface area contributed by atoms with Crippen molar-refractivity contribution in [3.8, 4) is 5.69 Å². The van der Waals surface area contributed by atoms with Crippen molar-refractivity contribution in [3.63, 3.8) is 0 Å². The molecule has 35 heavy (non-hydrogen) atoms. The van der Waals surface area contributed by atoms with E-state index in [-0.39, 0.29) is 11.6 Å². The summed E-state index contributed by atoms with van der Waals surface area (Å²) in [5.74, 6) is -1.10. The van der Waals surface area contributed by atoms with Crippen LogP contribution in [-0.4, -0.2) is 40.7 Å². The Bertz CT molecular complexity index is 1190. The van der Waals surface area contributed by atoms with Crippen LogP contribution in [0.3, 0.4) is 0 Å². The highest BCUT2D eigenvalue weighted by molar-refractivity contribution is 6.01. The molecule has 0 radical (unpaired) electrons. The third kappa shape index (κ3) is 5.70. The van der Waals surface area contributed by atoms with Crippen LogP contribution in [0.4, 0.5) is 15.8 Å². The quantitative estimate of drug-likeness (QED) is 0.462. The van der Waals surface area contributed by atoms with Crippen molar-refractivity contribution in [2.75, 3.05) is 23.3 Å². The molecule has 1 aliphatic rings. The van der Waals surface area contributed by atoms with Gasteiger partial charge in [0.1, 0.15) is 17.5 Å². The lowest BCUT2D eigenvalue weighted by Gasteiger charge is -2.20. The molecule has 1 saturated heterocycles. The Morgan fingerprint density at radius 2 is 1.89 bits per heavy atom. The van der Waals surface area contributed by atoms with Crippen molar-refractivity contribution >= 4 is 23.2 Å². The van der Waals surface area contributed by atoms with Crippen LogP contribution in [0.15, 0.2) is 54.7 Å². The van der Waals surface area contributed by atoms with Crippen molar-refractivity contribution in [3.05, 3.63) is 71.8 Å². The van der Waals surface area contributed by atoms with Gasteiger partial charge in [0.25, 0.3) is 5.91 Å². The number of nitrogens with one attached hydrogen (secondary N) is 2. The standard InChI is InChI=1S/C27H32FN5O2/c1-3-4-13-24(27(35)30-20-10-9-11-21(17-20)32-15-7-8-16-32)31-26(34)22-18-29-33(19(22)2)25-14-6-5-12-23(25)28/h5-6,9-12,14,17-18,24H,3-4,7-8,13,15-16H2,1-2H3,(H,30,35)(H,31,34). The molecule has 0 spiro atoms. The first-order valence-corrected chi connectivity index (χ1v) is 12.2. The van der Waals surface area contributed by atoms with Crippen LogP contribution in [-0.2, 0) is 4.79 Å². The second kappa shape index (κ2) is 11.2. The summed E-state index contributed by atoms with van der Waals surface area (Å²) in [4.78, 5) is 28.6. The van der Waals surface area contributed by atoms with Crippen LogP contribution in [0.5, 0.6) is 0 Å². The Labute approximate surface area is 205 Å². The molecule has 2 heterocycles. The molecule has 0 bridgehead atoms. The molecule has 184 valence electrons. The average Bonchev–Trinajstić information content (AvgIpc) is 3.52.